The lowest BCUT2D eigenvalue weighted by Crippen LogP contribution is -2.20. The summed E-state index contributed by atoms with van der Waals surface area (Å²) >= 11 is 0. The Morgan fingerprint density at radius 1 is 1.20 bits per heavy atom. The normalized spacial score (nSPS) is 10.4. The molecule has 0 aliphatic carbocycles. The largest absolute Gasteiger partial charge is 0.497 e. The van der Waals surface area contributed by atoms with E-state index in [1.807, 2.05) is 42.3 Å². The SMILES string of the molecule is COc1cccc(CN(C)c2c(F)cccc2CN)c1. The molecule has 2 aromatic carbocycles. The molecule has 0 spiro atoms. The second kappa shape index (κ2) is 6.39. The van der Waals surface area contributed by atoms with E-state index < -0.39 is 0 Å². The first-order valence-corrected chi connectivity index (χ1v) is 6.47. The van der Waals surface area contributed by atoms with Crippen molar-refractivity contribution in [2.75, 3.05) is 19.1 Å². The summed E-state index contributed by atoms with van der Waals surface area (Å²) in [4.78, 5) is 1.87. The highest BCUT2D eigenvalue weighted by Gasteiger charge is 2.12. The van der Waals surface area contributed by atoms with Gasteiger partial charge >= 0.3 is 0 Å². The monoisotopic (exact) mass is 274 g/mol. The number of methoxy groups -OCH3 is 1. The third-order valence-corrected chi connectivity index (χ3v) is 3.23. The average molecular weight is 274 g/mol. The van der Waals surface area contributed by atoms with Gasteiger partial charge in [-0.1, -0.05) is 24.3 Å². The number of nitrogens with two attached hydrogens (primary N) is 1. The van der Waals surface area contributed by atoms with E-state index in [0.717, 1.165) is 16.9 Å². The van der Waals surface area contributed by atoms with Crippen LogP contribution in [0.15, 0.2) is 42.5 Å². The number of halogens is 1. The summed E-state index contributed by atoms with van der Waals surface area (Å²) in [6.07, 6.45) is 0. The molecule has 2 aromatic rings. The predicted octanol–water partition coefficient (Wildman–Crippen LogP) is 2.93. The van der Waals surface area contributed by atoms with Crippen molar-refractivity contribution in [2.45, 2.75) is 13.1 Å². The number of hydrogen-bond acceptors (Lipinski definition) is 3. The molecule has 2 N–H and O–H groups in total. The average Bonchev–Trinajstić information content (AvgIpc) is 2.46. The first-order chi connectivity index (χ1) is 9.65. The molecule has 0 fully saturated rings. The van der Waals surface area contributed by atoms with E-state index >= 15 is 0 Å². The summed E-state index contributed by atoms with van der Waals surface area (Å²) in [5.74, 6) is 0.543. The molecule has 0 bridgehead atoms. The summed E-state index contributed by atoms with van der Waals surface area (Å²) < 4.78 is 19.2. The molecule has 0 saturated carbocycles. The third kappa shape index (κ3) is 3.08. The van der Waals surface area contributed by atoms with Crippen LogP contribution in [0.2, 0.25) is 0 Å². The van der Waals surface area contributed by atoms with Crippen molar-refractivity contribution >= 4 is 5.69 Å². The van der Waals surface area contributed by atoms with Crippen LogP contribution in [0.5, 0.6) is 5.75 Å². The summed E-state index contributed by atoms with van der Waals surface area (Å²) in [7, 11) is 3.49. The van der Waals surface area contributed by atoms with Gasteiger partial charge in [-0.05, 0) is 29.3 Å². The Morgan fingerprint density at radius 3 is 2.65 bits per heavy atom. The number of para-hydroxylation sites is 1. The molecule has 0 aliphatic rings. The fourth-order valence-corrected chi connectivity index (χ4v) is 2.28. The Labute approximate surface area is 118 Å². The van der Waals surface area contributed by atoms with Crippen molar-refractivity contribution in [2.24, 2.45) is 5.73 Å². The van der Waals surface area contributed by atoms with E-state index in [-0.39, 0.29) is 5.82 Å². The van der Waals surface area contributed by atoms with Crippen molar-refractivity contribution in [1.29, 1.82) is 0 Å². The van der Waals surface area contributed by atoms with Crippen LogP contribution in [-0.2, 0) is 13.1 Å². The molecule has 2 rings (SSSR count). The Balaban J connectivity index is 2.25. The van der Waals surface area contributed by atoms with E-state index in [1.54, 1.807) is 13.2 Å². The van der Waals surface area contributed by atoms with Crippen LogP contribution in [0.3, 0.4) is 0 Å². The van der Waals surface area contributed by atoms with E-state index in [1.165, 1.54) is 6.07 Å². The van der Waals surface area contributed by atoms with E-state index in [4.69, 9.17) is 10.5 Å². The van der Waals surface area contributed by atoms with Crippen LogP contribution in [0.25, 0.3) is 0 Å². The summed E-state index contributed by atoms with van der Waals surface area (Å²) in [5.41, 5.74) is 8.09. The van der Waals surface area contributed by atoms with Gasteiger partial charge in [0.1, 0.15) is 11.6 Å². The zero-order chi connectivity index (χ0) is 14.5. The van der Waals surface area contributed by atoms with Gasteiger partial charge in [0, 0.05) is 20.1 Å². The maximum Gasteiger partial charge on any atom is 0.146 e. The molecule has 106 valence electrons. The smallest absolute Gasteiger partial charge is 0.146 e. The number of hydrogen-bond donors (Lipinski definition) is 1. The highest BCUT2D eigenvalue weighted by Crippen LogP contribution is 2.25. The number of anilines is 1. The Kier molecular flexibility index (Phi) is 4.58. The van der Waals surface area contributed by atoms with Crippen molar-refractivity contribution in [1.82, 2.24) is 0 Å². The molecule has 20 heavy (non-hydrogen) atoms. The lowest BCUT2D eigenvalue weighted by Gasteiger charge is -2.23. The van der Waals surface area contributed by atoms with Crippen LogP contribution in [0, 0.1) is 5.82 Å². The van der Waals surface area contributed by atoms with Crippen molar-refractivity contribution in [3.05, 3.63) is 59.4 Å². The van der Waals surface area contributed by atoms with Crippen molar-refractivity contribution in [3.8, 4) is 5.75 Å². The second-order valence-electron chi connectivity index (χ2n) is 4.66. The van der Waals surface area contributed by atoms with Gasteiger partial charge < -0.3 is 15.4 Å². The van der Waals surface area contributed by atoms with E-state index in [0.29, 0.717) is 18.8 Å². The van der Waals surface area contributed by atoms with Gasteiger partial charge in [-0.25, -0.2) is 4.39 Å². The zero-order valence-electron chi connectivity index (χ0n) is 11.8. The van der Waals surface area contributed by atoms with Gasteiger partial charge in [0.25, 0.3) is 0 Å². The summed E-state index contributed by atoms with van der Waals surface area (Å²) in [5, 5.41) is 0. The minimum absolute atomic E-state index is 0.252. The maximum atomic E-state index is 14.0. The molecule has 0 unspecified atom stereocenters. The molecule has 0 heterocycles. The van der Waals surface area contributed by atoms with Crippen LogP contribution >= 0.6 is 0 Å². The van der Waals surface area contributed by atoms with Crippen LogP contribution in [-0.4, -0.2) is 14.2 Å². The minimum atomic E-state index is -0.252. The molecular formula is C16H19FN2O. The van der Waals surface area contributed by atoms with Crippen LogP contribution in [0.4, 0.5) is 10.1 Å². The number of benzene rings is 2. The quantitative estimate of drug-likeness (QED) is 0.911. The second-order valence-corrected chi connectivity index (χ2v) is 4.66. The highest BCUT2D eigenvalue weighted by atomic mass is 19.1. The van der Waals surface area contributed by atoms with Gasteiger partial charge in [0.2, 0.25) is 0 Å². The van der Waals surface area contributed by atoms with Crippen LogP contribution < -0.4 is 15.4 Å². The molecular weight excluding hydrogens is 255 g/mol. The number of ether oxygens (including phenoxy) is 1. The summed E-state index contributed by atoms with van der Waals surface area (Å²) in [6, 6.07) is 12.7. The fourth-order valence-electron chi connectivity index (χ4n) is 2.28. The molecule has 0 radical (unpaired) electrons. The van der Waals surface area contributed by atoms with Gasteiger partial charge in [0.15, 0.2) is 0 Å². The molecule has 0 atom stereocenters. The number of nitrogens with zero attached hydrogens (tertiary/aromatic N) is 1. The maximum absolute atomic E-state index is 14.0. The highest BCUT2D eigenvalue weighted by molar-refractivity contribution is 5.54. The van der Waals surface area contributed by atoms with Gasteiger partial charge in [0.05, 0.1) is 12.8 Å². The zero-order valence-corrected chi connectivity index (χ0v) is 11.8. The minimum Gasteiger partial charge on any atom is -0.497 e. The lowest BCUT2D eigenvalue weighted by atomic mass is 10.1. The fraction of sp³-hybridized carbons (Fsp3) is 0.250. The molecule has 4 heteroatoms. The first-order valence-electron chi connectivity index (χ1n) is 6.47. The Bertz CT molecular complexity index is 586. The number of rotatable bonds is 5. The molecule has 3 nitrogen and oxygen atoms in total. The Morgan fingerprint density at radius 2 is 1.95 bits per heavy atom. The standard InChI is InChI=1S/C16H19FN2O/c1-19(11-12-5-3-7-14(9-12)20-2)16-13(10-18)6-4-8-15(16)17/h3-9H,10-11,18H2,1-2H3. The van der Waals surface area contributed by atoms with Gasteiger partial charge in [-0.2, -0.15) is 0 Å². The Hall–Kier alpha value is -2.07. The van der Waals surface area contributed by atoms with Crippen molar-refractivity contribution in [3.63, 3.8) is 0 Å². The molecule has 0 amide bonds. The lowest BCUT2D eigenvalue weighted by molar-refractivity contribution is 0.414. The van der Waals surface area contributed by atoms with E-state index in [2.05, 4.69) is 0 Å². The molecule has 0 aliphatic heterocycles. The van der Waals surface area contributed by atoms with Gasteiger partial charge in [-0.15, -0.1) is 0 Å². The topological polar surface area (TPSA) is 38.5 Å². The molecule has 0 saturated heterocycles. The summed E-state index contributed by atoms with van der Waals surface area (Å²) in [6.45, 7) is 0.903. The van der Waals surface area contributed by atoms with Gasteiger partial charge in [-0.3, -0.25) is 0 Å². The molecule has 0 aromatic heterocycles. The van der Waals surface area contributed by atoms with Crippen LogP contribution in [0.1, 0.15) is 11.1 Å². The van der Waals surface area contributed by atoms with Crippen molar-refractivity contribution < 1.29 is 9.13 Å². The van der Waals surface area contributed by atoms with E-state index in [9.17, 15) is 4.39 Å². The third-order valence-electron chi connectivity index (χ3n) is 3.23. The first kappa shape index (κ1) is 14.3. The predicted molar refractivity (Wildman–Crippen MR) is 79.4 cm³/mol.